The Morgan fingerprint density at radius 2 is 2.07 bits per heavy atom. The van der Waals surface area contributed by atoms with Gasteiger partial charge in [0.1, 0.15) is 6.04 Å². The van der Waals surface area contributed by atoms with Crippen LogP contribution in [0.2, 0.25) is 0 Å². The average molecular weight is 199 g/mol. The predicted molar refractivity (Wildman–Crippen MR) is 53.7 cm³/mol. The Labute approximate surface area is 84.3 Å². The molecule has 4 heteroatoms. The van der Waals surface area contributed by atoms with E-state index in [0.29, 0.717) is 6.42 Å². The van der Waals surface area contributed by atoms with Crippen molar-refractivity contribution in [2.45, 2.75) is 32.7 Å². The summed E-state index contributed by atoms with van der Waals surface area (Å²) in [6.45, 7) is 3.38. The smallest absolute Gasteiger partial charge is 0.328 e. The molecule has 0 fully saturated rings. The molecule has 0 saturated heterocycles. The number of ether oxygens (including phenoxy) is 1. The quantitative estimate of drug-likeness (QED) is 0.531. The maximum Gasteiger partial charge on any atom is 0.328 e. The first-order chi connectivity index (χ1) is 6.61. The van der Waals surface area contributed by atoms with Gasteiger partial charge in [0.05, 0.1) is 7.11 Å². The van der Waals surface area contributed by atoms with E-state index in [2.05, 4.69) is 10.1 Å². The van der Waals surface area contributed by atoms with Gasteiger partial charge in [0.15, 0.2) is 0 Å². The second kappa shape index (κ2) is 7.12. The summed E-state index contributed by atoms with van der Waals surface area (Å²) in [4.78, 5) is 21.9. The third-order valence-corrected chi connectivity index (χ3v) is 1.64. The summed E-state index contributed by atoms with van der Waals surface area (Å²) in [5, 5.41) is 2.52. The van der Waals surface area contributed by atoms with Gasteiger partial charge in [0.2, 0.25) is 5.91 Å². The van der Waals surface area contributed by atoms with Crippen LogP contribution >= 0.6 is 0 Å². The third-order valence-electron chi connectivity index (χ3n) is 1.64. The Hall–Kier alpha value is -1.32. The molecule has 0 aromatic rings. The van der Waals surface area contributed by atoms with Gasteiger partial charge in [-0.3, -0.25) is 4.79 Å². The number of rotatable bonds is 5. The summed E-state index contributed by atoms with van der Waals surface area (Å²) >= 11 is 0. The number of carbonyl (C=O) groups is 2. The van der Waals surface area contributed by atoms with Gasteiger partial charge in [0.25, 0.3) is 0 Å². The average Bonchev–Trinajstić information content (AvgIpc) is 2.15. The molecule has 14 heavy (non-hydrogen) atoms. The first-order valence-corrected chi connectivity index (χ1v) is 4.61. The topological polar surface area (TPSA) is 55.4 Å². The van der Waals surface area contributed by atoms with E-state index in [1.165, 1.54) is 14.0 Å². The van der Waals surface area contributed by atoms with Gasteiger partial charge in [-0.15, -0.1) is 0 Å². The summed E-state index contributed by atoms with van der Waals surface area (Å²) in [6, 6.07) is -0.569. The summed E-state index contributed by atoms with van der Waals surface area (Å²) < 4.78 is 4.56. The van der Waals surface area contributed by atoms with E-state index in [1.807, 2.05) is 19.1 Å². The molecule has 0 saturated carbocycles. The molecule has 0 aliphatic rings. The van der Waals surface area contributed by atoms with Crippen LogP contribution < -0.4 is 5.32 Å². The lowest BCUT2D eigenvalue weighted by Crippen LogP contribution is -2.39. The van der Waals surface area contributed by atoms with Crippen LogP contribution in [0.4, 0.5) is 0 Å². The van der Waals surface area contributed by atoms with E-state index >= 15 is 0 Å². The molecule has 0 aliphatic carbocycles. The van der Waals surface area contributed by atoms with Crippen molar-refractivity contribution in [2.24, 2.45) is 0 Å². The first-order valence-electron chi connectivity index (χ1n) is 4.61. The van der Waals surface area contributed by atoms with Crippen LogP contribution in [-0.4, -0.2) is 25.0 Å². The van der Waals surface area contributed by atoms with Crippen LogP contribution in [0.15, 0.2) is 12.2 Å². The fourth-order valence-corrected chi connectivity index (χ4v) is 1.00. The lowest BCUT2D eigenvalue weighted by Gasteiger charge is -2.12. The SMILES string of the molecule is CC/C=C/CC(NC(C)=O)C(=O)OC. The molecular formula is C10H17NO3. The first kappa shape index (κ1) is 12.7. The number of nitrogens with one attached hydrogen (secondary N) is 1. The van der Waals surface area contributed by atoms with Crippen molar-refractivity contribution < 1.29 is 14.3 Å². The molecule has 0 radical (unpaired) electrons. The van der Waals surface area contributed by atoms with Gasteiger partial charge in [-0.25, -0.2) is 4.79 Å². The molecule has 1 amide bonds. The lowest BCUT2D eigenvalue weighted by molar-refractivity contribution is -0.144. The number of methoxy groups -OCH3 is 1. The van der Waals surface area contributed by atoms with Gasteiger partial charge in [-0.2, -0.15) is 0 Å². The maximum absolute atomic E-state index is 11.2. The Balaban J connectivity index is 4.17. The number of allylic oxidation sites excluding steroid dienone is 1. The summed E-state index contributed by atoms with van der Waals surface area (Å²) in [5.74, 6) is -0.647. The highest BCUT2D eigenvalue weighted by atomic mass is 16.5. The van der Waals surface area contributed by atoms with E-state index in [4.69, 9.17) is 0 Å². The van der Waals surface area contributed by atoms with E-state index in [9.17, 15) is 9.59 Å². The zero-order valence-corrected chi connectivity index (χ0v) is 8.87. The molecule has 0 spiro atoms. The van der Waals surface area contributed by atoms with Gasteiger partial charge in [-0.1, -0.05) is 19.1 Å². The molecule has 4 nitrogen and oxygen atoms in total. The molecule has 0 aliphatic heterocycles. The van der Waals surface area contributed by atoms with Crippen molar-refractivity contribution in [2.75, 3.05) is 7.11 Å². The molecule has 1 unspecified atom stereocenters. The van der Waals surface area contributed by atoms with E-state index in [0.717, 1.165) is 6.42 Å². The van der Waals surface area contributed by atoms with Crippen LogP contribution in [0, 0.1) is 0 Å². The fraction of sp³-hybridized carbons (Fsp3) is 0.600. The summed E-state index contributed by atoms with van der Waals surface area (Å²) in [5.41, 5.74) is 0. The highest BCUT2D eigenvalue weighted by Gasteiger charge is 2.17. The largest absolute Gasteiger partial charge is 0.467 e. The number of carbonyl (C=O) groups excluding carboxylic acids is 2. The van der Waals surface area contributed by atoms with E-state index < -0.39 is 12.0 Å². The minimum Gasteiger partial charge on any atom is -0.467 e. The van der Waals surface area contributed by atoms with Crippen molar-refractivity contribution in [3.05, 3.63) is 12.2 Å². The van der Waals surface area contributed by atoms with Crippen molar-refractivity contribution in [1.82, 2.24) is 5.32 Å². The molecule has 0 aromatic heterocycles. The van der Waals surface area contributed by atoms with E-state index in [1.54, 1.807) is 0 Å². The van der Waals surface area contributed by atoms with Crippen LogP contribution in [0.1, 0.15) is 26.7 Å². The second-order valence-electron chi connectivity index (χ2n) is 2.89. The highest BCUT2D eigenvalue weighted by molar-refractivity contribution is 5.83. The number of amides is 1. The molecule has 0 rings (SSSR count). The van der Waals surface area contributed by atoms with Gasteiger partial charge in [0, 0.05) is 6.92 Å². The van der Waals surface area contributed by atoms with Gasteiger partial charge < -0.3 is 10.1 Å². The minimum atomic E-state index is -0.569. The van der Waals surface area contributed by atoms with Crippen LogP contribution in [0.3, 0.4) is 0 Å². The minimum absolute atomic E-state index is 0.231. The number of hydrogen-bond acceptors (Lipinski definition) is 3. The highest BCUT2D eigenvalue weighted by Crippen LogP contribution is 1.97. The van der Waals surface area contributed by atoms with Crippen LogP contribution in [0.25, 0.3) is 0 Å². The number of esters is 1. The molecule has 0 bridgehead atoms. The monoisotopic (exact) mass is 199 g/mol. The summed E-state index contributed by atoms with van der Waals surface area (Å²) in [7, 11) is 1.31. The molecular weight excluding hydrogens is 182 g/mol. The molecule has 0 aromatic carbocycles. The Kier molecular flexibility index (Phi) is 6.45. The van der Waals surface area contributed by atoms with Gasteiger partial charge in [-0.05, 0) is 12.8 Å². The van der Waals surface area contributed by atoms with Crippen molar-refractivity contribution in [3.63, 3.8) is 0 Å². The molecule has 1 N–H and O–H groups in total. The molecule has 1 atom stereocenters. The van der Waals surface area contributed by atoms with E-state index in [-0.39, 0.29) is 5.91 Å². The maximum atomic E-state index is 11.2. The van der Waals surface area contributed by atoms with Gasteiger partial charge >= 0.3 is 5.97 Å². The van der Waals surface area contributed by atoms with Crippen LogP contribution in [0.5, 0.6) is 0 Å². The normalized spacial score (nSPS) is 12.5. The lowest BCUT2D eigenvalue weighted by atomic mass is 10.2. The molecule has 80 valence electrons. The Morgan fingerprint density at radius 3 is 2.50 bits per heavy atom. The predicted octanol–water partition coefficient (Wildman–Crippen LogP) is 1.02. The Bertz CT molecular complexity index is 223. The van der Waals surface area contributed by atoms with Crippen LogP contribution in [-0.2, 0) is 14.3 Å². The fourth-order valence-electron chi connectivity index (χ4n) is 1.00. The number of hydrogen-bond donors (Lipinski definition) is 1. The Morgan fingerprint density at radius 1 is 1.43 bits per heavy atom. The van der Waals surface area contributed by atoms with Crippen molar-refractivity contribution in [3.8, 4) is 0 Å². The summed E-state index contributed by atoms with van der Waals surface area (Å²) in [6.07, 6.45) is 5.18. The standard InChI is InChI=1S/C10H17NO3/c1-4-5-6-7-9(10(13)14-3)11-8(2)12/h5-6,9H,4,7H2,1-3H3,(H,11,12)/b6-5+. The zero-order valence-electron chi connectivity index (χ0n) is 8.87. The third kappa shape index (κ3) is 5.35. The second-order valence-corrected chi connectivity index (χ2v) is 2.89. The molecule has 0 heterocycles. The van der Waals surface area contributed by atoms with Crippen molar-refractivity contribution >= 4 is 11.9 Å². The van der Waals surface area contributed by atoms with Crippen molar-refractivity contribution in [1.29, 1.82) is 0 Å². The zero-order chi connectivity index (χ0) is 11.0.